The SMILES string of the molecule is CC(C)(C)[S+]([O-])N=CCCCc1ccc(O[Si](C)(C)C(C)(C)C)cc1. The van der Waals surface area contributed by atoms with E-state index in [9.17, 15) is 4.55 Å². The number of aryl methyl sites for hydroxylation is 1. The van der Waals surface area contributed by atoms with E-state index in [0.29, 0.717) is 0 Å². The molecule has 0 spiro atoms. The molecule has 5 heteroatoms. The molecular weight excluding hydrogens is 346 g/mol. The minimum atomic E-state index is -1.77. The first-order valence-corrected chi connectivity index (χ1v) is 13.1. The molecule has 0 N–H and O–H groups in total. The Balaban J connectivity index is 2.47. The van der Waals surface area contributed by atoms with Crippen LogP contribution in [-0.4, -0.2) is 23.8 Å². The van der Waals surface area contributed by atoms with Gasteiger partial charge in [0, 0.05) is 0 Å². The lowest BCUT2D eigenvalue weighted by molar-refractivity contribution is 0.492. The van der Waals surface area contributed by atoms with Gasteiger partial charge in [-0.25, -0.2) is 0 Å². The van der Waals surface area contributed by atoms with E-state index >= 15 is 0 Å². The second kappa shape index (κ2) is 8.74. The molecule has 1 unspecified atom stereocenters. The van der Waals surface area contributed by atoms with Crippen molar-refractivity contribution in [2.24, 2.45) is 4.40 Å². The minimum Gasteiger partial charge on any atom is -0.591 e. The Morgan fingerprint density at radius 2 is 1.64 bits per heavy atom. The van der Waals surface area contributed by atoms with E-state index in [4.69, 9.17) is 4.43 Å². The Morgan fingerprint density at radius 3 is 2.12 bits per heavy atom. The van der Waals surface area contributed by atoms with Crippen LogP contribution in [0.15, 0.2) is 28.7 Å². The molecule has 0 fully saturated rings. The van der Waals surface area contributed by atoms with Crippen molar-refractivity contribution in [3.05, 3.63) is 29.8 Å². The molecule has 1 rings (SSSR count). The summed E-state index contributed by atoms with van der Waals surface area (Å²) in [6.45, 7) is 17.1. The van der Waals surface area contributed by atoms with Crippen molar-refractivity contribution in [2.45, 2.75) is 83.7 Å². The topological polar surface area (TPSA) is 44.7 Å². The summed E-state index contributed by atoms with van der Waals surface area (Å²) in [5, 5.41) is 0.206. The Hall–Kier alpha value is -0.783. The molecule has 1 aromatic rings. The van der Waals surface area contributed by atoms with Gasteiger partial charge in [-0.05, 0) is 75.9 Å². The molecule has 0 aromatic heterocycles. The first-order valence-electron chi connectivity index (χ1n) is 9.05. The third-order valence-corrected chi connectivity index (χ3v) is 10.3. The van der Waals surface area contributed by atoms with Crippen LogP contribution < -0.4 is 4.43 Å². The van der Waals surface area contributed by atoms with Crippen molar-refractivity contribution in [1.29, 1.82) is 0 Å². The molecule has 0 bridgehead atoms. The van der Waals surface area contributed by atoms with E-state index in [1.54, 1.807) is 6.21 Å². The summed E-state index contributed by atoms with van der Waals surface area (Å²) >= 11 is -1.15. The number of rotatable bonds is 7. The zero-order valence-corrected chi connectivity index (χ0v) is 19.0. The summed E-state index contributed by atoms with van der Waals surface area (Å²) in [5.74, 6) is 0.970. The lowest BCUT2D eigenvalue weighted by Gasteiger charge is -2.36. The second-order valence-corrected chi connectivity index (χ2v) is 15.7. The van der Waals surface area contributed by atoms with Crippen LogP contribution in [0.1, 0.15) is 59.9 Å². The lowest BCUT2D eigenvalue weighted by Crippen LogP contribution is -2.43. The molecule has 0 heterocycles. The largest absolute Gasteiger partial charge is 0.591 e. The van der Waals surface area contributed by atoms with Gasteiger partial charge in [-0.15, -0.1) is 0 Å². The Bertz CT molecular complexity index is 557. The molecule has 0 radical (unpaired) electrons. The van der Waals surface area contributed by atoms with Gasteiger partial charge >= 0.3 is 0 Å². The third-order valence-electron chi connectivity index (χ3n) is 4.60. The van der Waals surface area contributed by atoms with Gasteiger partial charge in [0.15, 0.2) is 0 Å². The molecule has 0 aliphatic rings. The van der Waals surface area contributed by atoms with Gasteiger partial charge < -0.3 is 8.98 Å². The minimum absolute atomic E-state index is 0.206. The normalized spacial score (nSPS) is 14.8. The van der Waals surface area contributed by atoms with Crippen LogP contribution in [0.2, 0.25) is 18.1 Å². The van der Waals surface area contributed by atoms with Crippen molar-refractivity contribution in [3.8, 4) is 5.75 Å². The van der Waals surface area contributed by atoms with E-state index in [0.717, 1.165) is 25.0 Å². The highest BCUT2D eigenvalue weighted by Crippen LogP contribution is 2.37. The zero-order valence-electron chi connectivity index (χ0n) is 17.2. The summed E-state index contributed by atoms with van der Waals surface area (Å²) in [6, 6.07) is 8.46. The van der Waals surface area contributed by atoms with E-state index in [-0.39, 0.29) is 9.79 Å². The van der Waals surface area contributed by atoms with E-state index < -0.39 is 19.7 Å². The molecule has 1 aromatic carbocycles. The van der Waals surface area contributed by atoms with Crippen LogP contribution in [0.4, 0.5) is 0 Å². The van der Waals surface area contributed by atoms with Crippen molar-refractivity contribution in [1.82, 2.24) is 0 Å². The predicted molar refractivity (Wildman–Crippen MR) is 114 cm³/mol. The average molecular weight is 382 g/mol. The molecular formula is C20H35NO2SSi. The highest BCUT2D eigenvalue weighted by molar-refractivity contribution is 7.91. The van der Waals surface area contributed by atoms with Gasteiger partial charge in [0.05, 0.1) is 6.21 Å². The van der Waals surface area contributed by atoms with Crippen LogP contribution in [0.3, 0.4) is 0 Å². The summed E-state index contributed by atoms with van der Waals surface area (Å²) in [7, 11) is -1.77. The highest BCUT2D eigenvalue weighted by atomic mass is 32.2. The number of hydrogen-bond donors (Lipinski definition) is 0. The summed E-state index contributed by atoms with van der Waals surface area (Å²) in [4.78, 5) is 0. The molecule has 142 valence electrons. The fourth-order valence-electron chi connectivity index (χ4n) is 1.85. The fourth-order valence-corrected chi connectivity index (χ4v) is 3.44. The Kier molecular flexibility index (Phi) is 7.78. The highest BCUT2D eigenvalue weighted by Gasteiger charge is 2.38. The quantitative estimate of drug-likeness (QED) is 0.254. The zero-order chi connectivity index (χ0) is 19.3. The number of benzene rings is 1. The van der Waals surface area contributed by atoms with Crippen molar-refractivity contribution >= 4 is 25.9 Å². The van der Waals surface area contributed by atoms with Gasteiger partial charge in [0.25, 0.3) is 0 Å². The fraction of sp³-hybridized carbons (Fsp3) is 0.650. The predicted octanol–water partition coefficient (Wildman–Crippen LogP) is 5.93. The van der Waals surface area contributed by atoms with E-state index in [1.807, 2.05) is 20.8 Å². The molecule has 0 saturated heterocycles. The molecule has 0 aliphatic heterocycles. The maximum atomic E-state index is 11.8. The molecule has 3 nitrogen and oxygen atoms in total. The average Bonchev–Trinajstić information content (AvgIpc) is 2.46. The van der Waals surface area contributed by atoms with Gasteiger partial charge in [-0.3, -0.25) is 0 Å². The molecule has 25 heavy (non-hydrogen) atoms. The van der Waals surface area contributed by atoms with Gasteiger partial charge in [0.1, 0.15) is 21.9 Å². The van der Waals surface area contributed by atoms with Crippen molar-refractivity contribution < 1.29 is 8.98 Å². The summed E-state index contributed by atoms with van der Waals surface area (Å²) < 4.78 is 22.0. The molecule has 0 aliphatic carbocycles. The Morgan fingerprint density at radius 1 is 1.08 bits per heavy atom. The first-order chi connectivity index (χ1) is 11.3. The van der Waals surface area contributed by atoms with Crippen LogP contribution >= 0.6 is 0 Å². The first kappa shape index (κ1) is 22.3. The van der Waals surface area contributed by atoms with Gasteiger partial charge in [-0.2, -0.15) is 0 Å². The van der Waals surface area contributed by atoms with Gasteiger partial charge in [-0.1, -0.05) is 37.3 Å². The number of nitrogens with zero attached hydrogens (tertiary/aromatic N) is 1. The van der Waals surface area contributed by atoms with E-state index in [2.05, 4.69) is 62.5 Å². The maximum Gasteiger partial charge on any atom is 0.250 e. The standard InChI is InChI=1S/C20H35NO2SSi/c1-19(2,3)24(22)21-16-10-9-11-17-12-14-18(15-13-17)23-25(7,8)20(4,5)6/h12-16H,9-11H2,1-8H3. The number of hydrogen-bond acceptors (Lipinski definition) is 3. The summed E-state index contributed by atoms with van der Waals surface area (Å²) in [5.41, 5.74) is 1.30. The van der Waals surface area contributed by atoms with Crippen LogP contribution in [0.25, 0.3) is 0 Å². The lowest BCUT2D eigenvalue weighted by atomic mass is 10.1. The van der Waals surface area contributed by atoms with Crippen LogP contribution in [-0.2, 0) is 17.8 Å². The van der Waals surface area contributed by atoms with Crippen LogP contribution in [0, 0.1) is 0 Å². The third kappa shape index (κ3) is 7.55. The molecule has 1 atom stereocenters. The van der Waals surface area contributed by atoms with Crippen molar-refractivity contribution in [3.63, 3.8) is 0 Å². The van der Waals surface area contributed by atoms with Crippen molar-refractivity contribution in [2.75, 3.05) is 0 Å². The van der Waals surface area contributed by atoms with Gasteiger partial charge in [0.2, 0.25) is 8.32 Å². The maximum absolute atomic E-state index is 11.8. The number of unbranched alkanes of at least 4 members (excludes halogenated alkanes) is 1. The Labute approximate surface area is 158 Å². The van der Waals surface area contributed by atoms with Crippen LogP contribution in [0.5, 0.6) is 5.75 Å². The molecule has 0 amide bonds. The monoisotopic (exact) mass is 381 g/mol. The smallest absolute Gasteiger partial charge is 0.250 e. The van der Waals surface area contributed by atoms with E-state index in [1.165, 1.54) is 5.56 Å². The second-order valence-electron chi connectivity index (χ2n) is 9.05. The summed E-state index contributed by atoms with van der Waals surface area (Å²) in [6.07, 6.45) is 4.65. The molecule has 0 saturated carbocycles.